The minimum atomic E-state index is 0.0750. The van der Waals surface area contributed by atoms with Crippen LogP contribution in [-0.2, 0) is 0 Å². The number of aromatic nitrogens is 2. The Kier molecular flexibility index (Phi) is 3.84. The number of hydrogen-bond donors (Lipinski definition) is 1. The van der Waals surface area contributed by atoms with Crippen LogP contribution in [-0.4, -0.2) is 46.1 Å². The SMILES string of the molecule is C[C@H]1CN(C(=O)c2ccc(-c3nc(C4CC4)no3)cc2)C[C@H](C)N1. The van der Waals surface area contributed by atoms with Gasteiger partial charge < -0.3 is 14.7 Å². The average Bonchev–Trinajstić information content (AvgIpc) is 3.31. The summed E-state index contributed by atoms with van der Waals surface area (Å²) >= 11 is 0. The van der Waals surface area contributed by atoms with Crippen molar-refractivity contribution >= 4 is 5.91 Å². The highest BCUT2D eigenvalue weighted by atomic mass is 16.5. The quantitative estimate of drug-likeness (QED) is 0.938. The van der Waals surface area contributed by atoms with Crippen LogP contribution in [0, 0.1) is 0 Å². The highest BCUT2D eigenvalue weighted by Crippen LogP contribution is 2.38. The van der Waals surface area contributed by atoms with Gasteiger partial charge in [-0.05, 0) is 51.0 Å². The van der Waals surface area contributed by atoms with E-state index in [9.17, 15) is 4.79 Å². The van der Waals surface area contributed by atoms with Crippen molar-refractivity contribution in [2.45, 2.75) is 44.7 Å². The molecule has 1 saturated heterocycles. The van der Waals surface area contributed by atoms with Crippen molar-refractivity contribution < 1.29 is 9.32 Å². The maximum absolute atomic E-state index is 12.7. The Morgan fingerprint density at radius 1 is 1.17 bits per heavy atom. The fourth-order valence-corrected chi connectivity index (χ4v) is 3.29. The number of piperazine rings is 1. The molecule has 1 aromatic heterocycles. The van der Waals surface area contributed by atoms with Gasteiger partial charge in [0, 0.05) is 42.2 Å². The number of carbonyl (C=O) groups is 1. The molecule has 2 heterocycles. The summed E-state index contributed by atoms with van der Waals surface area (Å²) < 4.78 is 5.33. The standard InChI is InChI=1S/C18H22N4O2/c1-11-9-22(10-12(2)19-11)18(23)15-7-5-14(6-8-15)17-20-16(21-24-17)13-3-4-13/h5-8,11-13,19H,3-4,9-10H2,1-2H3/t11-,12-/m0/s1. The number of nitrogens with one attached hydrogen (secondary N) is 1. The van der Waals surface area contributed by atoms with Gasteiger partial charge in [0.1, 0.15) is 0 Å². The van der Waals surface area contributed by atoms with E-state index in [1.807, 2.05) is 29.2 Å². The third-order valence-electron chi connectivity index (χ3n) is 4.61. The van der Waals surface area contributed by atoms with Gasteiger partial charge in [0.25, 0.3) is 11.8 Å². The minimum Gasteiger partial charge on any atom is -0.336 e. The Balaban J connectivity index is 1.49. The molecule has 0 unspecified atom stereocenters. The van der Waals surface area contributed by atoms with Gasteiger partial charge in [-0.2, -0.15) is 4.98 Å². The van der Waals surface area contributed by atoms with Gasteiger partial charge in [-0.15, -0.1) is 0 Å². The Morgan fingerprint density at radius 2 is 1.83 bits per heavy atom. The molecular weight excluding hydrogens is 304 g/mol. The molecule has 2 atom stereocenters. The molecule has 1 amide bonds. The smallest absolute Gasteiger partial charge is 0.257 e. The highest BCUT2D eigenvalue weighted by Gasteiger charge is 2.29. The molecule has 2 aliphatic rings. The fraction of sp³-hybridized carbons (Fsp3) is 0.500. The topological polar surface area (TPSA) is 71.3 Å². The first-order valence-electron chi connectivity index (χ1n) is 8.59. The van der Waals surface area contributed by atoms with E-state index in [1.165, 1.54) is 0 Å². The van der Waals surface area contributed by atoms with Crippen molar-refractivity contribution in [1.29, 1.82) is 0 Å². The molecule has 0 bridgehead atoms. The van der Waals surface area contributed by atoms with E-state index in [0.717, 1.165) is 37.3 Å². The molecule has 1 N–H and O–H groups in total. The van der Waals surface area contributed by atoms with Crippen LogP contribution >= 0.6 is 0 Å². The van der Waals surface area contributed by atoms with Crippen LogP contribution < -0.4 is 5.32 Å². The number of benzene rings is 1. The van der Waals surface area contributed by atoms with Crippen LogP contribution in [0.25, 0.3) is 11.5 Å². The average molecular weight is 326 g/mol. The monoisotopic (exact) mass is 326 g/mol. The Morgan fingerprint density at radius 3 is 2.46 bits per heavy atom. The lowest BCUT2D eigenvalue weighted by Gasteiger charge is -2.36. The van der Waals surface area contributed by atoms with Gasteiger partial charge in [-0.1, -0.05) is 5.16 Å². The van der Waals surface area contributed by atoms with Gasteiger partial charge in [0.05, 0.1) is 0 Å². The number of amides is 1. The predicted octanol–water partition coefficient (Wildman–Crippen LogP) is 2.44. The number of carbonyl (C=O) groups excluding carboxylic acids is 1. The number of rotatable bonds is 3. The van der Waals surface area contributed by atoms with E-state index in [0.29, 0.717) is 29.5 Å². The van der Waals surface area contributed by atoms with E-state index in [4.69, 9.17) is 4.52 Å². The van der Waals surface area contributed by atoms with Crippen molar-refractivity contribution in [2.75, 3.05) is 13.1 Å². The van der Waals surface area contributed by atoms with Crippen molar-refractivity contribution in [3.05, 3.63) is 35.7 Å². The minimum absolute atomic E-state index is 0.0750. The first kappa shape index (κ1) is 15.3. The summed E-state index contributed by atoms with van der Waals surface area (Å²) in [5.41, 5.74) is 1.55. The van der Waals surface area contributed by atoms with E-state index >= 15 is 0 Å². The largest absolute Gasteiger partial charge is 0.336 e. The molecule has 126 valence electrons. The van der Waals surface area contributed by atoms with Crippen molar-refractivity contribution in [2.24, 2.45) is 0 Å². The van der Waals surface area contributed by atoms with E-state index in [-0.39, 0.29) is 5.91 Å². The molecule has 24 heavy (non-hydrogen) atoms. The second kappa shape index (κ2) is 6.02. The van der Waals surface area contributed by atoms with Crippen LogP contribution in [0.5, 0.6) is 0 Å². The molecule has 4 rings (SSSR count). The Bertz CT molecular complexity index is 726. The van der Waals surface area contributed by atoms with E-state index < -0.39 is 0 Å². The zero-order chi connectivity index (χ0) is 16.7. The van der Waals surface area contributed by atoms with Gasteiger partial charge in [-0.3, -0.25) is 4.79 Å². The summed E-state index contributed by atoms with van der Waals surface area (Å²) in [4.78, 5) is 19.0. The summed E-state index contributed by atoms with van der Waals surface area (Å²) in [5, 5.41) is 7.48. The third-order valence-corrected chi connectivity index (χ3v) is 4.61. The molecule has 0 spiro atoms. The van der Waals surface area contributed by atoms with Crippen molar-refractivity contribution in [1.82, 2.24) is 20.4 Å². The molecule has 6 nitrogen and oxygen atoms in total. The zero-order valence-electron chi connectivity index (χ0n) is 14.0. The highest BCUT2D eigenvalue weighted by molar-refractivity contribution is 5.94. The molecule has 0 radical (unpaired) electrons. The van der Waals surface area contributed by atoms with Crippen molar-refractivity contribution in [3.63, 3.8) is 0 Å². The molecule has 1 saturated carbocycles. The van der Waals surface area contributed by atoms with Gasteiger partial charge in [0.15, 0.2) is 5.82 Å². The van der Waals surface area contributed by atoms with Crippen LogP contribution in [0.4, 0.5) is 0 Å². The Labute approximate surface area is 141 Å². The number of nitrogens with zero attached hydrogens (tertiary/aromatic N) is 3. The van der Waals surface area contributed by atoms with Crippen LogP contribution in [0.1, 0.15) is 48.8 Å². The first-order chi connectivity index (χ1) is 11.6. The van der Waals surface area contributed by atoms with E-state index in [2.05, 4.69) is 29.3 Å². The van der Waals surface area contributed by atoms with Crippen molar-refractivity contribution in [3.8, 4) is 11.5 Å². The maximum Gasteiger partial charge on any atom is 0.257 e. The van der Waals surface area contributed by atoms with E-state index in [1.54, 1.807) is 0 Å². The first-order valence-corrected chi connectivity index (χ1v) is 8.59. The zero-order valence-corrected chi connectivity index (χ0v) is 14.0. The summed E-state index contributed by atoms with van der Waals surface area (Å²) in [5.74, 6) is 1.88. The summed E-state index contributed by atoms with van der Waals surface area (Å²) in [6.07, 6.45) is 2.29. The third kappa shape index (κ3) is 3.06. The fourth-order valence-electron chi connectivity index (χ4n) is 3.29. The molecule has 1 aromatic carbocycles. The summed E-state index contributed by atoms with van der Waals surface area (Å²) in [7, 11) is 0. The summed E-state index contributed by atoms with van der Waals surface area (Å²) in [6, 6.07) is 8.08. The predicted molar refractivity (Wildman–Crippen MR) is 89.7 cm³/mol. The second-order valence-corrected chi connectivity index (χ2v) is 6.99. The molecular formula is C18H22N4O2. The second-order valence-electron chi connectivity index (χ2n) is 6.99. The maximum atomic E-state index is 12.7. The normalized spacial score (nSPS) is 24.2. The molecule has 6 heteroatoms. The lowest BCUT2D eigenvalue weighted by atomic mass is 10.1. The lowest BCUT2D eigenvalue weighted by molar-refractivity contribution is 0.0674. The van der Waals surface area contributed by atoms with Crippen LogP contribution in [0.3, 0.4) is 0 Å². The van der Waals surface area contributed by atoms with Crippen LogP contribution in [0.2, 0.25) is 0 Å². The lowest BCUT2D eigenvalue weighted by Crippen LogP contribution is -2.55. The Hall–Kier alpha value is -2.21. The number of hydrogen-bond acceptors (Lipinski definition) is 5. The summed E-state index contributed by atoms with van der Waals surface area (Å²) in [6.45, 7) is 5.68. The molecule has 1 aliphatic carbocycles. The molecule has 1 aliphatic heterocycles. The van der Waals surface area contributed by atoms with Gasteiger partial charge >= 0.3 is 0 Å². The van der Waals surface area contributed by atoms with Gasteiger partial charge in [0.2, 0.25) is 0 Å². The molecule has 2 aromatic rings. The van der Waals surface area contributed by atoms with Crippen LogP contribution in [0.15, 0.2) is 28.8 Å². The van der Waals surface area contributed by atoms with Gasteiger partial charge in [-0.25, -0.2) is 0 Å². The molecule has 2 fully saturated rings.